The number of aryl methyl sites for hydroxylation is 1. The molecule has 0 radical (unpaired) electrons. The van der Waals surface area contributed by atoms with Crippen LogP contribution in [0.3, 0.4) is 0 Å². The number of benzene rings is 1. The topological polar surface area (TPSA) is 51.1 Å². The van der Waals surface area contributed by atoms with Gasteiger partial charge in [-0.05, 0) is 32.4 Å². The third-order valence-electron chi connectivity index (χ3n) is 2.77. The molecule has 0 atom stereocenters. The molecule has 0 aliphatic rings. The van der Waals surface area contributed by atoms with Crippen LogP contribution < -0.4 is 10.9 Å². The maximum Gasteiger partial charge on any atom is 0.268 e. The molecule has 1 amide bonds. The van der Waals surface area contributed by atoms with E-state index in [0.29, 0.717) is 19.4 Å². The summed E-state index contributed by atoms with van der Waals surface area (Å²) in [4.78, 5) is 23.6. The molecule has 1 aromatic heterocycles. The van der Waals surface area contributed by atoms with Crippen LogP contribution in [0, 0.1) is 0 Å². The summed E-state index contributed by atoms with van der Waals surface area (Å²) >= 11 is 1.46. The zero-order valence-corrected chi connectivity index (χ0v) is 12.0. The Kier molecular flexibility index (Phi) is 4.37. The highest BCUT2D eigenvalue weighted by atomic mass is 32.1. The molecule has 1 heterocycles. The van der Waals surface area contributed by atoms with Gasteiger partial charge in [0.25, 0.3) is 5.56 Å². The highest BCUT2D eigenvalue weighted by Gasteiger charge is 2.08. The Hall–Kier alpha value is -1.62. The van der Waals surface area contributed by atoms with Gasteiger partial charge in [-0.15, -0.1) is 0 Å². The number of carbonyl (C=O) groups excluding carboxylic acids is 1. The molecule has 102 valence electrons. The third kappa shape index (κ3) is 3.44. The molecule has 0 fully saturated rings. The highest BCUT2D eigenvalue weighted by molar-refractivity contribution is 7.13. The number of hydrogen-bond acceptors (Lipinski definition) is 3. The Balaban J connectivity index is 1.97. The van der Waals surface area contributed by atoms with Crippen molar-refractivity contribution in [3.63, 3.8) is 0 Å². The lowest BCUT2D eigenvalue weighted by Gasteiger charge is -2.07. The van der Waals surface area contributed by atoms with Crippen LogP contribution in [0.1, 0.15) is 26.7 Å². The molecular weight excluding hydrogens is 260 g/mol. The first kappa shape index (κ1) is 13.8. The van der Waals surface area contributed by atoms with Crippen LogP contribution in [0.5, 0.6) is 0 Å². The van der Waals surface area contributed by atoms with E-state index < -0.39 is 0 Å². The maximum absolute atomic E-state index is 12.1. The summed E-state index contributed by atoms with van der Waals surface area (Å²) in [5.74, 6) is 0.0455. The van der Waals surface area contributed by atoms with E-state index in [-0.39, 0.29) is 17.5 Å². The number of aromatic nitrogens is 1. The van der Waals surface area contributed by atoms with Crippen molar-refractivity contribution in [1.29, 1.82) is 0 Å². The fourth-order valence-corrected chi connectivity index (χ4v) is 2.97. The molecule has 0 saturated heterocycles. The van der Waals surface area contributed by atoms with E-state index in [1.807, 2.05) is 38.1 Å². The molecule has 0 unspecified atom stereocenters. The predicted molar refractivity (Wildman–Crippen MR) is 78.6 cm³/mol. The first-order valence-corrected chi connectivity index (χ1v) is 7.23. The minimum atomic E-state index is 0.0455. The Morgan fingerprint density at radius 2 is 2.11 bits per heavy atom. The number of nitrogens with zero attached hydrogens (tertiary/aromatic N) is 1. The molecule has 1 N–H and O–H groups in total. The number of nitrogens with one attached hydrogen (secondary N) is 1. The second kappa shape index (κ2) is 6.02. The van der Waals surface area contributed by atoms with Gasteiger partial charge in [0.1, 0.15) is 0 Å². The highest BCUT2D eigenvalue weighted by Crippen LogP contribution is 2.16. The Labute approximate surface area is 116 Å². The standard InChI is InChI=1S/C14H18N2O2S/c1-10(2)15-13(17)8-5-9-16-14(18)11-6-3-4-7-12(11)19-16/h3-4,6-7,10H,5,8-9H2,1-2H3,(H,15,17). The lowest BCUT2D eigenvalue weighted by atomic mass is 10.2. The minimum Gasteiger partial charge on any atom is -0.354 e. The van der Waals surface area contributed by atoms with Crippen molar-refractivity contribution in [1.82, 2.24) is 9.27 Å². The van der Waals surface area contributed by atoms with Crippen molar-refractivity contribution >= 4 is 27.5 Å². The summed E-state index contributed by atoms with van der Waals surface area (Å²) in [5, 5.41) is 3.61. The van der Waals surface area contributed by atoms with Crippen molar-refractivity contribution < 1.29 is 4.79 Å². The molecule has 2 rings (SSSR count). The Morgan fingerprint density at radius 1 is 1.37 bits per heavy atom. The van der Waals surface area contributed by atoms with Gasteiger partial charge in [-0.1, -0.05) is 23.7 Å². The molecule has 1 aromatic carbocycles. The summed E-state index contributed by atoms with van der Waals surface area (Å²) in [6, 6.07) is 7.76. The van der Waals surface area contributed by atoms with Crippen molar-refractivity contribution in [2.24, 2.45) is 0 Å². The zero-order valence-electron chi connectivity index (χ0n) is 11.2. The van der Waals surface area contributed by atoms with Gasteiger partial charge in [0.15, 0.2) is 0 Å². The average molecular weight is 278 g/mol. The van der Waals surface area contributed by atoms with Crippen LogP contribution in [-0.2, 0) is 11.3 Å². The summed E-state index contributed by atoms with van der Waals surface area (Å²) in [6.45, 7) is 4.48. The van der Waals surface area contributed by atoms with E-state index in [1.54, 1.807) is 3.96 Å². The molecule has 0 saturated carbocycles. The molecular formula is C14H18N2O2S. The first-order valence-electron chi connectivity index (χ1n) is 6.46. The minimum absolute atomic E-state index is 0.0455. The van der Waals surface area contributed by atoms with Crippen LogP contribution in [0.25, 0.3) is 10.1 Å². The summed E-state index contributed by atoms with van der Waals surface area (Å²) in [5.41, 5.74) is 0.0462. The van der Waals surface area contributed by atoms with E-state index in [9.17, 15) is 9.59 Å². The Morgan fingerprint density at radius 3 is 2.79 bits per heavy atom. The largest absolute Gasteiger partial charge is 0.354 e. The van der Waals surface area contributed by atoms with Gasteiger partial charge in [-0.2, -0.15) is 0 Å². The Bertz CT molecular complexity index is 628. The molecule has 0 spiro atoms. The molecule has 5 heteroatoms. The normalized spacial score (nSPS) is 11.1. The van der Waals surface area contributed by atoms with Crippen LogP contribution >= 0.6 is 11.5 Å². The average Bonchev–Trinajstić information content (AvgIpc) is 2.66. The molecule has 4 nitrogen and oxygen atoms in total. The summed E-state index contributed by atoms with van der Waals surface area (Å²) in [7, 11) is 0. The third-order valence-corrected chi connectivity index (χ3v) is 3.89. The first-order chi connectivity index (χ1) is 9.08. The van der Waals surface area contributed by atoms with Crippen LogP contribution in [0.2, 0.25) is 0 Å². The fraction of sp³-hybridized carbons (Fsp3) is 0.429. The van der Waals surface area contributed by atoms with Crippen molar-refractivity contribution in [3.05, 3.63) is 34.6 Å². The SMILES string of the molecule is CC(C)NC(=O)CCCn1sc2ccccc2c1=O. The molecule has 0 aliphatic carbocycles. The van der Waals surface area contributed by atoms with E-state index in [1.165, 1.54) is 11.5 Å². The maximum atomic E-state index is 12.1. The van der Waals surface area contributed by atoms with Gasteiger partial charge >= 0.3 is 0 Å². The lowest BCUT2D eigenvalue weighted by Crippen LogP contribution is -2.30. The van der Waals surface area contributed by atoms with Crippen LogP contribution in [-0.4, -0.2) is 15.9 Å². The molecule has 0 bridgehead atoms. The molecule has 2 aromatic rings. The summed E-state index contributed by atoms with van der Waals surface area (Å²) in [6.07, 6.45) is 1.14. The van der Waals surface area contributed by atoms with E-state index in [4.69, 9.17) is 0 Å². The summed E-state index contributed by atoms with van der Waals surface area (Å²) < 4.78 is 2.73. The van der Waals surface area contributed by atoms with Crippen molar-refractivity contribution in [2.45, 2.75) is 39.3 Å². The number of hydrogen-bond donors (Lipinski definition) is 1. The lowest BCUT2D eigenvalue weighted by molar-refractivity contribution is -0.121. The second-order valence-electron chi connectivity index (χ2n) is 4.82. The van der Waals surface area contributed by atoms with Crippen LogP contribution in [0.4, 0.5) is 0 Å². The zero-order chi connectivity index (χ0) is 13.8. The quantitative estimate of drug-likeness (QED) is 0.913. The van der Waals surface area contributed by atoms with Gasteiger partial charge in [0.05, 0.1) is 10.1 Å². The number of rotatable bonds is 5. The van der Waals surface area contributed by atoms with Crippen molar-refractivity contribution in [3.8, 4) is 0 Å². The van der Waals surface area contributed by atoms with E-state index >= 15 is 0 Å². The van der Waals surface area contributed by atoms with E-state index in [2.05, 4.69) is 5.32 Å². The number of carbonyl (C=O) groups is 1. The van der Waals surface area contributed by atoms with Gasteiger partial charge < -0.3 is 5.32 Å². The number of fused-ring (bicyclic) bond motifs is 1. The second-order valence-corrected chi connectivity index (χ2v) is 5.88. The van der Waals surface area contributed by atoms with E-state index in [0.717, 1.165) is 10.1 Å². The van der Waals surface area contributed by atoms with Crippen LogP contribution in [0.15, 0.2) is 29.1 Å². The van der Waals surface area contributed by atoms with Gasteiger partial charge in [0, 0.05) is 19.0 Å². The van der Waals surface area contributed by atoms with Gasteiger partial charge in [0.2, 0.25) is 5.91 Å². The van der Waals surface area contributed by atoms with Crippen molar-refractivity contribution in [2.75, 3.05) is 0 Å². The number of amides is 1. The smallest absolute Gasteiger partial charge is 0.268 e. The fourth-order valence-electron chi connectivity index (χ4n) is 1.94. The predicted octanol–water partition coefficient (Wildman–Crippen LogP) is 2.37. The molecule has 19 heavy (non-hydrogen) atoms. The van der Waals surface area contributed by atoms with Gasteiger partial charge in [-0.3, -0.25) is 13.5 Å². The molecule has 0 aliphatic heterocycles. The monoisotopic (exact) mass is 278 g/mol. The van der Waals surface area contributed by atoms with Gasteiger partial charge in [-0.25, -0.2) is 0 Å².